The van der Waals surface area contributed by atoms with E-state index in [1.54, 1.807) is 12.1 Å². The fourth-order valence-electron chi connectivity index (χ4n) is 1.33. The summed E-state index contributed by atoms with van der Waals surface area (Å²) in [5.41, 5.74) is 0.268. The highest BCUT2D eigenvalue weighted by Gasteiger charge is 2.19. The Morgan fingerprint density at radius 1 is 1.44 bits per heavy atom. The van der Waals surface area contributed by atoms with Crippen LogP contribution in [-0.4, -0.2) is 20.1 Å². The first-order chi connectivity index (χ1) is 7.43. The number of benzene rings is 1. The van der Waals surface area contributed by atoms with E-state index >= 15 is 0 Å². The first kappa shape index (κ1) is 11.4. The molecule has 1 aromatic heterocycles. The van der Waals surface area contributed by atoms with E-state index in [0.29, 0.717) is 15.6 Å². The smallest absolute Gasteiger partial charge is 0.328 e. The van der Waals surface area contributed by atoms with E-state index in [-0.39, 0.29) is 5.58 Å². The first-order valence-corrected chi connectivity index (χ1v) is 6.40. The van der Waals surface area contributed by atoms with Gasteiger partial charge in [-0.3, -0.25) is 4.55 Å². The Labute approximate surface area is 99.9 Å². The summed E-state index contributed by atoms with van der Waals surface area (Å²) in [6.45, 7) is 0. The minimum Gasteiger partial charge on any atom is -0.493 e. The maximum absolute atomic E-state index is 10.9. The van der Waals surface area contributed by atoms with Crippen LogP contribution in [0, 0.1) is 0 Å². The molecule has 1 N–H and O–H groups in total. The van der Waals surface area contributed by atoms with Crippen molar-refractivity contribution in [3.05, 3.63) is 22.7 Å². The van der Waals surface area contributed by atoms with Crippen molar-refractivity contribution in [2.24, 2.45) is 0 Å². The molecule has 0 aliphatic rings. The number of furan rings is 1. The van der Waals surface area contributed by atoms with Crippen LogP contribution < -0.4 is 4.74 Å². The second-order valence-electron chi connectivity index (χ2n) is 3.03. The minimum absolute atomic E-state index is 0.268. The molecule has 1 aromatic carbocycles. The molecule has 0 spiro atoms. The number of hydrogen-bond acceptors (Lipinski definition) is 4. The van der Waals surface area contributed by atoms with Crippen LogP contribution in [0.3, 0.4) is 0 Å². The zero-order valence-corrected chi connectivity index (χ0v) is 10.5. The Bertz CT molecular complexity index is 643. The quantitative estimate of drug-likeness (QED) is 0.862. The van der Waals surface area contributed by atoms with Crippen molar-refractivity contribution in [1.29, 1.82) is 0 Å². The van der Waals surface area contributed by atoms with Crippen LogP contribution >= 0.6 is 15.9 Å². The molecule has 16 heavy (non-hydrogen) atoms. The van der Waals surface area contributed by atoms with Crippen LogP contribution in [0.5, 0.6) is 5.75 Å². The Morgan fingerprint density at radius 3 is 2.69 bits per heavy atom. The number of halogens is 1. The molecule has 0 atom stereocenters. The molecule has 0 saturated carbocycles. The summed E-state index contributed by atoms with van der Waals surface area (Å²) < 4.78 is 41.4. The van der Waals surface area contributed by atoms with E-state index in [2.05, 4.69) is 15.9 Å². The molecule has 0 saturated heterocycles. The van der Waals surface area contributed by atoms with Crippen molar-refractivity contribution < 1.29 is 22.1 Å². The standard InChI is InChI=1S/C9H7BrO5S/c1-14-7-3-2-6(10)5-4-8(15-9(5)7)16(11,12)13/h2-4H,1H3,(H,11,12,13). The molecule has 0 aliphatic carbocycles. The van der Waals surface area contributed by atoms with Gasteiger partial charge in [0.2, 0.25) is 5.09 Å². The van der Waals surface area contributed by atoms with Gasteiger partial charge < -0.3 is 9.15 Å². The average molecular weight is 307 g/mol. The SMILES string of the molecule is COc1ccc(Br)c2cc(S(=O)(=O)O)oc12. The number of ether oxygens (including phenoxy) is 1. The second-order valence-corrected chi connectivity index (χ2v) is 5.24. The van der Waals surface area contributed by atoms with Crippen LogP contribution in [0.2, 0.25) is 0 Å². The Hall–Kier alpha value is -1.05. The molecule has 0 amide bonds. The topological polar surface area (TPSA) is 76.7 Å². The van der Waals surface area contributed by atoms with Gasteiger partial charge in [-0.15, -0.1) is 0 Å². The lowest BCUT2D eigenvalue weighted by molar-refractivity contribution is 0.392. The predicted molar refractivity (Wildman–Crippen MR) is 60.3 cm³/mol. The van der Waals surface area contributed by atoms with Crippen molar-refractivity contribution in [1.82, 2.24) is 0 Å². The highest BCUT2D eigenvalue weighted by Crippen LogP contribution is 2.35. The van der Waals surface area contributed by atoms with Crippen molar-refractivity contribution >= 4 is 37.0 Å². The van der Waals surface area contributed by atoms with Crippen molar-refractivity contribution in [2.75, 3.05) is 7.11 Å². The van der Waals surface area contributed by atoms with Crippen LogP contribution in [0.25, 0.3) is 11.0 Å². The largest absolute Gasteiger partial charge is 0.493 e. The summed E-state index contributed by atoms with van der Waals surface area (Å²) in [5, 5.41) is 0.0136. The molecule has 0 aliphatic heterocycles. The van der Waals surface area contributed by atoms with Gasteiger partial charge in [0.1, 0.15) is 0 Å². The molecule has 0 bridgehead atoms. The van der Waals surface area contributed by atoms with Gasteiger partial charge in [-0.05, 0) is 12.1 Å². The summed E-state index contributed by atoms with van der Waals surface area (Å²) in [7, 11) is -2.91. The van der Waals surface area contributed by atoms with Gasteiger partial charge in [-0.1, -0.05) is 15.9 Å². The van der Waals surface area contributed by atoms with E-state index in [9.17, 15) is 8.42 Å². The summed E-state index contributed by atoms with van der Waals surface area (Å²) >= 11 is 3.25. The van der Waals surface area contributed by atoms with E-state index in [4.69, 9.17) is 13.7 Å². The number of rotatable bonds is 2. The lowest BCUT2D eigenvalue weighted by atomic mass is 10.2. The van der Waals surface area contributed by atoms with Crippen molar-refractivity contribution in [3.8, 4) is 5.75 Å². The zero-order valence-electron chi connectivity index (χ0n) is 8.10. The van der Waals surface area contributed by atoms with E-state index in [1.807, 2.05) is 0 Å². The molecule has 2 rings (SSSR count). The maximum atomic E-state index is 10.9. The van der Waals surface area contributed by atoms with Crippen LogP contribution in [-0.2, 0) is 10.1 Å². The molecular weight excluding hydrogens is 300 g/mol. The van der Waals surface area contributed by atoms with E-state index < -0.39 is 15.2 Å². The Kier molecular flexibility index (Phi) is 2.69. The summed E-state index contributed by atoms with van der Waals surface area (Å²) in [4.78, 5) is 0. The average Bonchev–Trinajstić information content (AvgIpc) is 2.63. The zero-order chi connectivity index (χ0) is 11.9. The lowest BCUT2D eigenvalue weighted by Crippen LogP contribution is -1.94. The normalized spacial score (nSPS) is 11.9. The monoisotopic (exact) mass is 306 g/mol. The third-order valence-corrected chi connectivity index (χ3v) is 3.45. The molecule has 86 valence electrons. The molecule has 2 aromatic rings. The molecule has 0 fully saturated rings. The van der Waals surface area contributed by atoms with Crippen LogP contribution in [0.15, 0.2) is 32.2 Å². The maximum Gasteiger partial charge on any atom is 0.328 e. The second kappa shape index (κ2) is 3.76. The third-order valence-electron chi connectivity index (χ3n) is 2.05. The van der Waals surface area contributed by atoms with Crippen molar-refractivity contribution in [2.45, 2.75) is 5.09 Å². The van der Waals surface area contributed by atoms with Gasteiger partial charge in [-0.25, -0.2) is 0 Å². The number of fused-ring (bicyclic) bond motifs is 1. The van der Waals surface area contributed by atoms with Gasteiger partial charge >= 0.3 is 10.1 Å². The summed E-state index contributed by atoms with van der Waals surface area (Å²) in [6.07, 6.45) is 0. The third kappa shape index (κ3) is 1.81. The molecule has 7 heteroatoms. The summed E-state index contributed by atoms with van der Waals surface area (Å²) in [5.74, 6) is 0.396. The van der Waals surface area contributed by atoms with Gasteiger partial charge in [0.15, 0.2) is 11.3 Å². The van der Waals surface area contributed by atoms with E-state index in [0.717, 1.165) is 0 Å². The highest BCUT2D eigenvalue weighted by atomic mass is 79.9. The fraction of sp³-hybridized carbons (Fsp3) is 0.111. The van der Waals surface area contributed by atoms with Gasteiger partial charge in [-0.2, -0.15) is 8.42 Å². The Balaban J connectivity index is 2.83. The minimum atomic E-state index is -4.35. The summed E-state index contributed by atoms with van der Waals surface area (Å²) in [6, 6.07) is 4.56. The lowest BCUT2D eigenvalue weighted by Gasteiger charge is -2.00. The Morgan fingerprint density at radius 2 is 2.12 bits per heavy atom. The molecule has 5 nitrogen and oxygen atoms in total. The van der Waals surface area contributed by atoms with E-state index in [1.165, 1.54) is 13.2 Å². The van der Waals surface area contributed by atoms with Gasteiger partial charge in [0, 0.05) is 15.9 Å². The highest BCUT2D eigenvalue weighted by molar-refractivity contribution is 9.10. The predicted octanol–water partition coefficient (Wildman–Crippen LogP) is 2.45. The number of methoxy groups -OCH3 is 1. The number of hydrogen-bond donors (Lipinski definition) is 1. The molecule has 1 heterocycles. The van der Waals surface area contributed by atoms with Gasteiger partial charge in [0.25, 0.3) is 0 Å². The molecule has 0 radical (unpaired) electrons. The van der Waals surface area contributed by atoms with Crippen LogP contribution in [0.1, 0.15) is 0 Å². The van der Waals surface area contributed by atoms with Crippen molar-refractivity contribution in [3.63, 3.8) is 0 Å². The van der Waals surface area contributed by atoms with Crippen LogP contribution in [0.4, 0.5) is 0 Å². The fourth-order valence-corrected chi connectivity index (χ4v) is 2.21. The first-order valence-electron chi connectivity index (χ1n) is 4.17. The molecular formula is C9H7BrO5S. The van der Waals surface area contributed by atoms with Gasteiger partial charge in [0.05, 0.1) is 7.11 Å². The molecule has 0 unspecified atom stereocenters.